The Morgan fingerprint density at radius 2 is 2.00 bits per heavy atom. The van der Waals surface area contributed by atoms with Crippen molar-refractivity contribution in [3.05, 3.63) is 0 Å². The maximum atomic E-state index is 8.18. The summed E-state index contributed by atoms with van der Waals surface area (Å²) in [4.78, 5) is 0. The van der Waals surface area contributed by atoms with E-state index < -0.39 is 0 Å². The zero-order valence-electron chi connectivity index (χ0n) is 4.97. The molecule has 0 aliphatic heterocycles. The first-order valence-electron chi connectivity index (χ1n) is 2.31. The Morgan fingerprint density at radius 1 is 1.57 bits per heavy atom. The van der Waals surface area contributed by atoms with E-state index >= 15 is 0 Å². The molecule has 7 heavy (non-hydrogen) atoms. The van der Waals surface area contributed by atoms with Gasteiger partial charge in [-0.1, -0.05) is 0 Å². The zero-order chi connectivity index (χ0) is 5.86. The molecule has 0 saturated carbocycles. The van der Waals surface area contributed by atoms with E-state index in [2.05, 4.69) is 0 Å². The van der Waals surface area contributed by atoms with Crippen LogP contribution in [-0.2, 0) is 0 Å². The standard InChI is InChI=1S/C4H12N2O/c1-4(2)6(3)5-7/h4-5,7H,1-3H3. The average molecular weight is 104 g/mol. The fourth-order valence-corrected chi connectivity index (χ4v) is 0.115. The minimum atomic E-state index is 0.338. The quantitative estimate of drug-likeness (QED) is 0.492. The zero-order valence-corrected chi connectivity index (χ0v) is 4.97. The summed E-state index contributed by atoms with van der Waals surface area (Å²) in [6.07, 6.45) is 0. The summed E-state index contributed by atoms with van der Waals surface area (Å²) in [6, 6.07) is 0.338. The molecule has 0 aromatic heterocycles. The smallest absolute Gasteiger partial charge is 0.0205 e. The van der Waals surface area contributed by atoms with Crippen LogP contribution in [0.2, 0.25) is 0 Å². The summed E-state index contributed by atoms with van der Waals surface area (Å²) in [5, 5.41) is 9.78. The maximum absolute atomic E-state index is 8.18. The minimum Gasteiger partial charge on any atom is -0.302 e. The predicted molar refractivity (Wildman–Crippen MR) is 27.8 cm³/mol. The first-order valence-corrected chi connectivity index (χ1v) is 2.31. The number of nitrogens with one attached hydrogen (secondary N) is 1. The van der Waals surface area contributed by atoms with Gasteiger partial charge in [-0.3, -0.25) is 0 Å². The molecule has 0 amide bonds. The molecule has 0 aromatic carbocycles. The van der Waals surface area contributed by atoms with Crippen molar-refractivity contribution in [2.75, 3.05) is 7.05 Å². The van der Waals surface area contributed by atoms with Crippen molar-refractivity contribution in [2.45, 2.75) is 19.9 Å². The lowest BCUT2D eigenvalue weighted by Crippen LogP contribution is -2.36. The van der Waals surface area contributed by atoms with Crippen molar-refractivity contribution in [1.29, 1.82) is 0 Å². The van der Waals surface area contributed by atoms with Gasteiger partial charge in [0.25, 0.3) is 0 Å². The highest BCUT2D eigenvalue weighted by Crippen LogP contribution is 1.83. The first-order chi connectivity index (χ1) is 3.18. The molecular formula is C4H12N2O. The topological polar surface area (TPSA) is 35.5 Å². The van der Waals surface area contributed by atoms with Gasteiger partial charge in [0.2, 0.25) is 0 Å². The monoisotopic (exact) mass is 104 g/mol. The number of hydrogen-bond acceptors (Lipinski definition) is 3. The molecule has 0 spiro atoms. The molecule has 0 aliphatic rings. The third-order valence-corrected chi connectivity index (χ3v) is 0.932. The van der Waals surface area contributed by atoms with Crippen molar-refractivity contribution < 1.29 is 5.21 Å². The van der Waals surface area contributed by atoms with Gasteiger partial charge in [0.1, 0.15) is 0 Å². The molecular weight excluding hydrogens is 92.1 g/mol. The van der Waals surface area contributed by atoms with Crippen LogP contribution in [0.5, 0.6) is 0 Å². The van der Waals surface area contributed by atoms with Crippen molar-refractivity contribution in [3.8, 4) is 0 Å². The van der Waals surface area contributed by atoms with Gasteiger partial charge >= 0.3 is 0 Å². The number of hydrazine groups is 1. The lowest BCUT2D eigenvalue weighted by atomic mass is 10.4. The lowest BCUT2D eigenvalue weighted by Gasteiger charge is -2.16. The summed E-state index contributed by atoms with van der Waals surface area (Å²) >= 11 is 0. The largest absolute Gasteiger partial charge is 0.302 e. The van der Waals surface area contributed by atoms with E-state index in [-0.39, 0.29) is 0 Å². The Labute approximate surface area is 43.9 Å². The summed E-state index contributed by atoms with van der Waals surface area (Å²) in [5.74, 6) is 0. The Bertz CT molecular complexity index is 47.0. The van der Waals surface area contributed by atoms with Crippen LogP contribution in [0.15, 0.2) is 0 Å². The molecule has 0 aliphatic carbocycles. The normalized spacial score (nSPS) is 11.1. The lowest BCUT2D eigenvalue weighted by molar-refractivity contribution is -0.0203. The molecule has 0 rings (SSSR count). The van der Waals surface area contributed by atoms with Crippen LogP contribution in [0.3, 0.4) is 0 Å². The van der Waals surface area contributed by atoms with E-state index in [1.165, 1.54) is 0 Å². The molecule has 0 bridgehead atoms. The molecule has 2 N–H and O–H groups in total. The summed E-state index contributed by atoms with van der Waals surface area (Å²) in [7, 11) is 1.77. The molecule has 0 saturated heterocycles. The molecule has 44 valence electrons. The van der Waals surface area contributed by atoms with Gasteiger partial charge in [-0.05, 0) is 13.8 Å². The van der Waals surface area contributed by atoms with Gasteiger partial charge in [-0.25, -0.2) is 5.01 Å². The number of hydrogen-bond donors (Lipinski definition) is 2. The van der Waals surface area contributed by atoms with Crippen molar-refractivity contribution >= 4 is 0 Å². The number of nitrogens with zero attached hydrogens (tertiary/aromatic N) is 1. The fraction of sp³-hybridized carbons (Fsp3) is 1.00. The molecule has 0 unspecified atom stereocenters. The Hall–Kier alpha value is -0.120. The highest BCUT2D eigenvalue weighted by molar-refractivity contribution is 4.44. The highest BCUT2D eigenvalue weighted by atomic mass is 16.5. The minimum absolute atomic E-state index is 0.338. The van der Waals surface area contributed by atoms with Crippen molar-refractivity contribution in [3.63, 3.8) is 0 Å². The van der Waals surface area contributed by atoms with Crippen LogP contribution in [0.25, 0.3) is 0 Å². The van der Waals surface area contributed by atoms with Crippen molar-refractivity contribution in [2.24, 2.45) is 0 Å². The Kier molecular flexibility index (Phi) is 2.91. The second kappa shape index (κ2) is 2.96. The molecule has 0 fully saturated rings. The third-order valence-electron chi connectivity index (χ3n) is 0.932. The second-order valence-corrected chi connectivity index (χ2v) is 1.80. The van der Waals surface area contributed by atoms with E-state index in [4.69, 9.17) is 5.21 Å². The summed E-state index contributed by atoms with van der Waals surface area (Å²) in [5.41, 5.74) is 2.00. The van der Waals surface area contributed by atoms with E-state index in [9.17, 15) is 0 Å². The van der Waals surface area contributed by atoms with E-state index in [1.807, 2.05) is 19.4 Å². The second-order valence-electron chi connectivity index (χ2n) is 1.80. The van der Waals surface area contributed by atoms with Gasteiger partial charge in [0, 0.05) is 13.1 Å². The van der Waals surface area contributed by atoms with E-state index in [0.717, 1.165) is 0 Å². The maximum Gasteiger partial charge on any atom is 0.0205 e. The van der Waals surface area contributed by atoms with Crippen molar-refractivity contribution in [1.82, 2.24) is 10.6 Å². The number of rotatable bonds is 2. The Balaban J connectivity index is 3.14. The average Bonchev–Trinajstić information content (AvgIpc) is 1.65. The molecule has 0 radical (unpaired) electrons. The summed E-state index contributed by atoms with van der Waals surface area (Å²) < 4.78 is 0. The molecule has 3 heteroatoms. The third kappa shape index (κ3) is 2.56. The van der Waals surface area contributed by atoms with Gasteiger partial charge in [0.15, 0.2) is 0 Å². The van der Waals surface area contributed by atoms with E-state index in [1.54, 1.807) is 12.1 Å². The highest BCUT2D eigenvalue weighted by Gasteiger charge is 1.96. The molecule has 3 nitrogen and oxygen atoms in total. The SMILES string of the molecule is CC(C)N(C)NO. The van der Waals surface area contributed by atoms with Crippen LogP contribution in [0.1, 0.15) is 13.8 Å². The van der Waals surface area contributed by atoms with Crippen LogP contribution in [0.4, 0.5) is 0 Å². The van der Waals surface area contributed by atoms with Gasteiger partial charge in [0.05, 0.1) is 0 Å². The van der Waals surface area contributed by atoms with Gasteiger partial charge in [-0.2, -0.15) is 0 Å². The fourth-order valence-electron chi connectivity index (χ4n) is 0.115. The predicted octanol–water partition coefficient (Wildman–Crippen LogP) is 0.220. The van der Waals surface area contributed by atoms with Crippen LogP contribution in [-0.4, -0.2) is 23.3 Å². The van der Waals surface area contributed by atoms with E-state index in [0.29, 0.717) is 6.04 Å². The summed E-state index contributed by atoms with van der Waals surface area (Å²) in [6.45, 7) is 3.95. The van der Waals surface area contributed by atoms with Gasteiger partial charge < -0.3 is 5.21 Å². The van der Waals surface area contributed by atoms with Crippen LogP contribution >= 0.6 is 0 Å². The first kappa shape index (κ1) is 6.88. The molecule has 0 aromatic rings. The Morgan fingerprint density at radius 3 is 2.00 bits per heavy atom. The van der Waals surface area contributed by atoms with Gasteiger partial charge in [-0.15, -0.1) is 5.59 Å². The molecule has 0 atom stereocenters. The van der Waals surface area contributed by atoms with Crippen LogP contribution < -0.4 is 5.59 Å². The molecule has 0 heterocycles. The van der Waals surface area contributed by atoms with Crippen LogP contribution in [0, 0.1) is 0 Å².